The molecule has 16 heavy (non-hydrogen) atoms. The molecule has 0 bridgehead atoms. The summed E-state index contributed by atoms with van der Waals surface area (Å²) in [6.07, 6.45) is 3.71. The molecule has 0 radical (unpaired) electrons. The Kier molecular flexibility index (Phi) is 3.30. The molecule has 6 heteroatoms. The van der Waals surface area contributed by atoms with Crippen molar-refractivity contribution in [2.45, 2.75) is 25.4 Å². The Morgan fingerprint density at radius 1 is 1.75 bits per heavy atom. The van der Waals surface area contributed by atoms with Crippen LogP contribution in [0.5, 0.6) is 0 Å². The van der Waals surface area contributed by atoms with E-state index in [0.717, 1.165) is 19.4 Å². The second kappa shape index (κ2) is 4.55. The summed E-state index contributed by atoms with van der Waals surface area (Å²) < 4.78 is 6.12. The molecule has 1 aliphatic heterocycles. The maximum absolute atomic E-state index is 11.3. The Hall–Kier alpha value is -0.880. The van der Waals surface area contributed by atoms with Crippen molar-refractivity contribution >= 4 is 21.6 Å². The van der Waals surface area contributed by atoms with Gasteiger partial charge in [-0.25, -0.2) is 5.10 Å². The maximum Gasteiger partial charge on any atom is 0.280 e. The zero-order chi connectivity index (χ0) is 11.6. The molecule has 1 unspecified atom stereocenters. The number of H-pyrrole nitrogens is 1. The van der Waals surface area contributed by atoms with Crippen molar-refractivity contribution in [3.05, 3.63) is 21.0 Å². The van der Waals surface area contributed by atoms with Crippen LogP contribution in [-0.4, -0.2) is 29.0 Å². The molecule has 0 saturated carbocycles. The van der Waals surface area contributed by atoms with Gasteiger partial charge in [0, 0.05) is 13.2 Å². The normalized spacial score (nSPS) is 24.6. The fourth-order valence-electron chi connectivity index (χ4n) is 1.77. The Morgan fingerprint density at radius 3 is 3.25 bits per heavy atom. The zero-order valence-electron chi connectivity index (χ0n) is 9.05. The summed E-state index contributed by atoms with van der Waals surface area (Å²) in [5.74, 6) is 0. The van der Waals surface area contributed by atoms with E-state index in [-0.39, 0.29) is 11.2 Å². The number of anilines is 1. The molecule has 88 valence electrons. The molecule has 0 aliphatic carbocycles. The lowest BCUT2D eigenvalue weighted by molar-refractivity contribution is 0.0315. The van der Waals surface area contributed by atoms with Crippen LogP contribution in [0.2, 0.25) is 0 Å². The summed E-state index contributed by atoms with van der Waals surface area (Å²) in [4.78, 5) is 11.3. The zero-order valence-corrected chi connectivity index (χ0v) is 10.6. The first-order valence-corrected chi connectivity index (χ1v) is 6.01. The summed E-state index contributed by atoms with van der Waals surface area (Å²) in [6, 6.07) is 0. The lowest BCUT2D eigenvalue weighted by Crippen LogP contribution is -2.33. The molecule has 2 heterocycles. The Labute approximate surface area is 102 Å². The van der Waals surface area contributed by atoms with E-state index < -0.39 is 0 Å². The van der Waals surface area contributed by atoms with Gasteiger partial charge in [0.1, 0.15) is 4.47 Å². The van der Waals surface area contributed by atoms with E-state index >= 15 is 0 Å². The lowest BCUT2D eigenvalue weighted by atomic mass is 10.0. The second-order valence-corrected chi connectivity index (χ2v) is 4.98. The Bertz CT molecular complexity index is 426. The van der Waals surface area contributed by atoms with Gasteiger partial charge in [0.15, 0.2) is 0 Å². The highest BCUT2D eigenvalue weighted by Gasteiger charge is 2.29. The minimum Gasteiger partial charge on any atom is -0.380 e. The van der Waals surface area contributed by atoms with Gasteiger partial charge < -0.3 is 10.1 Å². The van der Waals surface area contributed by atoms with Gasteiger partial charge in [-0.2, -0.15) is 5.10 Å². The van der Waals surface area contributed by atoms with Gasteiger partial charge in [-0.15, -0.1) is 0 Å². The van der Waals surface area contributed by atoms with Gasteiger partial charge >= 0.3 is 0 Å². The molecule has 1 aromatic heterocycles. The average Bonchev–Trinajstić information content (AvgIpc) is 2.68. The first kappa shape index (κ1) is 11.6. The van der Waals surface area contributed by atoms with Gasteiger partial charge in [-0.05, 0) is 35.7 Å². The van der Waals surface area contributed by atoms with Gasteiger partial charge in [-0.1, -0.05) is 0 Å². The summed E-state index contributed by atoms with van der Waals surface area (Å²) in [6.45, 7) is 3.56. The summed E-state index contributed by atoms with van der Waals surface area (Å²) in [7, 11) is 0. The Morgan fingerprint density at radius 2 is 2.56 bits per heavy atom. The van der Waals surface area contributed by atoms with Crippen LogP contribution >= 0.6 is 15.9 Å². The smallest absolute Gasteiger partial charge is 0.280 e. The van der Waals surface area contributed by atoms with E-state index in [1.165, 1.54) is 0 Å². The van der Waals surface area contributed by atoms with Crippen LogP contribution in [0.25, 0.3) is 0 Å². The molecule has 1 fully saturated rings. The third kappa shape index (κ3) is 2.44. The quantitative estimate of drug-likeness (QED) is 0.885. The van der Waals surface area contributed by atoms with Crippen molar-refractivity contribution in [3.63, 3.8) is 0 Å². The predicted molar refractivity (Wildman–Crippen MR) is 64.6 cm³/mol. The van der Waals surface area contributed by atoms with Crippen molar-refractivity contribution in [3.8, 4) is 0 Å². The number of aromatic amines is 1. The number of aromatic nitrogens is 2. The minimum atomic E-state index is -0.234. The van der Waals surface area contributed by atoms with Gasteiger partial charge in [0.25, 0.3) is 5.56 Å². The first-order chi connectivity index (χ1) is 7.61. The molecule has 0 amide bonds. The van der Waals surface area contributed by atoms with Crippen molar-refractivity contribution < 1.29 is 4.74 Å². The fraction of sp³-hybridized carbons (Fsp3) is 0.600. The third-order valence-electron chi connectivity index (χ3n) is 2.75. The largest absolute Gasteiger partial charge is 0.380 e. The number of rotatable bonds is 3. The summed E-state index contributed by atoms with van der Waals surface area (Å²) in [5.41, 5.74) is 0.324. The SMILES string of the molecule is CC1(CNc2cn[nH]c(=O)c2Br)CCCO1. The molecule has 0 aromatic carbocycles. The van der Waals surface area contributed by atoms with E-state index in [9.17, 15) is 4.79 Å². The van der Waals surface area contributed by atoms with E-state index in [1.54, 1.807) is 6.20 Å². The van der Waals surface area contributed by atoms with Crippen LogP contribution in [0.1, 0.15) is 19.8 Å². The molecule has 0 spiro atoms. The standard InChI is InChI=1S/C10H14BrN3O2/c1-10(3-2-4-16-10)6-12-7-5-13-14-9(15)8(7)11/h5H,2-4,6H2,1H3,(H2,12,14,15). The van der Waals surface area contributed by atoms with Crippen LogP contribution in [0.4, 0.5) is 5.69 Å². The topological polar surface area (TPSA) is 67.0 Å². The first-order valence-electron chi connectivity index (χ1n) is 5.22. The van der Waals surface area contributed by atoms with Crippen molar-refractivity contribution in [1.82, 2.24) is 10.2 Å². The number of halogens is 1. The highest BCUT2D eigenvalue weighted by atomic mass is 79.9. The highest BCUT2D eigenvalue weighted by Crippen LogP contribution is 2.26. The van der Waals surface area contributed by atoms with Crippen LogP contribution in [0.15, 0.2) is 15.5 Å². The fourth-order valence-corrected chi connectivity index (χ4v) is 2.10. The number of hydrogen-bond donors (Lipinski definition) is 2. The molecule has 5 nitrogen and oxygen atoms in total. The molecule has 1 atom stereocenters. The maximum atomic E-state index is 11.3. The predicted octanol–water partition coefficient (Wildman–Crippen LogP) is 1.51. The van der Waals surface area contributed by atoms with Crippen molar-refractivity contribution in [1.29, 1.82) is 0 Å². The van der Waals surface area contributed by atoms with Gasteiger partial charge in [-0.3, -0.25) is 4.79 Å². The molecule has 1 aromatic rings. The number of nitrogens with one attached hydrogen (secondary N) is 2. The van der Waals surface area contributed by atoms with E-state index in [1.807, 2.05) is 0 Å². The number of hydrogen-bond acceptors (Lipinski definition) is 4. The van der Waals surface area contributed by atoms with E-state index in [4.69, 9.17) is 4.74 Å². The monoisotopic (exact) mass is 287 g/mol. The van der Waals surface area contributed by atoms with Gasteiger partial charge in [0.05, 0.1) is 17.5 Å². The van der Waals surface area contributed by atoms with Crippen LogP contribution < -0.4 is 10.9 Å². The molecular formula is C10H14BrN3O2. The van der Waals surface area contributed by atoms with E-state index in [2.05, 4.69) is 38.4 Å². The Balaban J connectivity index is 2.04. The molecule has 2 N–H and O–H groups in total. The van der Waals surface area contributed by atoms with E-state index in [0.29, 0.717) is 16.7 Å². The number of ether oxygens (including phenoxy) is 1. The lowest BCUT2D eigenvalue weighted by Gasteiger charge is -2.24. The third-order valence-corrected chi connectivity index (χ3v) is 3.54. The van der Waals surface area contributed by atoms with Crippen LogP contribution in [0, 0.1) is 0 Å². The second-order valence-electron chi connectivity index (χ2n) is 4.18. The molecular weight excluding hydrogens is 274 g/mol. The van der Waals surface area contributed by atoms with Gasteiger partial charge in [0.2, 0.25) is 0 Å². The summed E-state index contributed by atoms with van der Waals surface area (Å²) in [5, 5.41) is 9.28. The highest BCUT2D eigenvalue weighted by molar-refractivity contribution is 9.10. The number of nitrogens with zero attached hydrogens (tertiary/aromatic N) is 1. The average molecular weight is 288 g/mol. The summed E-state index contributed by atoms with van der Waals surface area (Å²) >= 11 is 3.22. The van der Waals surface area contributed by atoms with Crippen LogP contribution in [-0.2, 0) is 4.74 Å². The van der Waals surface area contributed by atoms with Crippen molar-refractivity contribution in [2.24, 2.45) is 0 Å². The molecule has 1 saturated heterocycles. The molecule has 2 rings (SSSR count). The van der Waals surface area contributed by atoms with Crippen LogP contribution in [0.3, 0.4) is 0 Å². The van der Waals surface area contributed by atoms with Crippen molar-refractivity contribution in [2.75, 3.05) is 18.5 Å². The molecule has 1 aliphatic rings. The minimum absolute atomic E-state index is 0.137.